The maximum atomic E-state index is 12.9. The lowest BCUT2D eigenvalue weighted by atomic mass is 9.98. The Balaban J connectivity index is 2.06. The molecule has 0 aliphatic heterocycles. The van der Waals surface area contributed by atoms with Crippen LogP contribution in [0.3, 0.4) is 0 Å². The number of benzene rings is 2. The Morgan fingerprint density at radius 2 is 1.39 bits per heavy atom. The molecule has 0 radical (unpaired) electrons. The number of hydrogen-bond donors (Lipinski definition) is 4. The molecule has 8 nitrogen and oxygen atoms in total. The van der Waals surface area contributed by atoms with Crippen LogP contribution in [0.2, 0.25) is 0 Å². The van der Waals surface area contributed by atoms with Crippen LogP contribution in [0.15, 0.2) is 48.5 Å². The summed E-state index contributed by atoms with van der Waals surface area (Å²) in [6.07, 6.45) is 1.14. The zero-order chi connectivity index (χ0) is 26.8. The normalized spacial score (nSPS) is 13.7. The molecule has 0 aliphatic rings. The average molecular weight is 497 g/mol. The molecule has 8 heteroatoms. The molecule has 0 saturated heterocycles. The first-order chi connectivity index (χ1) is 17.0. The minimum atomic E-state index is -0.841. The van der Waals surface area contributed by atoms with E-state index in [9.17, 15) is 14.4 Å². The van der Waals surface area contributed by atoms with Gasteiger partial charge in [-0.3, -0.25) is 14.4 Å². The van der Waals surface area contributed by atoms with Crippen molar-refractivity contribution in [2.75, 3.05) is 7.11 Å². The second-order valence-electron chi connectivity index (χ2n) is 9.99. The van der Waals surface area contributed by atoms with Crippen LogP contribution >= 0.6 is 0 Å². The van der Waals surface area contributed by atoms with Gasteiger partial charge in [0.05, 0.1) is 13.2 Å². The van der Waals surface area contributed by atoms with Gasteiger partial charge in [0.15, 0.2) is 0 Å². The summed E-state index contributed by atoms with van der Waals surface area (Å²) >= 11 is 0. The minimum Gasteiger partial charge on any atom is -0.496 e. The predicted octanol–water partition coefficient (Wildman–Crippen LogP) is 2.78. The third-order valence-corrected chi connectivity index (χ3v) is 5.87. The van der Waals surface area contributed by atoms with Crippen molar-refractivity contribution in [2.45, 2.75) is 65.1 Å². The van der Waals surface area contributed by atoms with Crippen molar-refractivity contribution in [3.63, 3.8) is 0 Å². The summed E-state index contributed by atoms with van der Waals surface area (Å²) in [5.41, 5.74) is 14.5. The Hall–Kier alpha value is -3.39. The van der Waals surface area contributed by atoms with E-state index in [2.05, 4.69) is 10.6 Å². The average Bonchev–Trinajstić information content (AvgIpc) is 2.82. The lowest BCUT2D eigenvalue weighted by molar-refractivity contribution is -0.132. The molecule has 2 rings (SSSR count). The van der Waals surface area contributed by atoms with Crippen molar-refractivity contribution in [1.29, 1.82) is 0 Å². The number of methoxy groups -OCH3 is 1. The van der Waals surface area contributed by atoms with E-state index in [1.165, 1.54) is 0 Å². The molecular weight excluding hydrogens is 456 g/mol. The number of nitrogens with one attached hydrogen (secondary N) is 2. The SMILES string of the molecule is COc1ccccc1-c1ccc(C[C@H](N)C(=O)N[C@@H](CC(C)C)C(=O)N[C@@H](CC(C)C)C(N)=O)cc1. The van der Waals surface area contributed by atoms with Crippen LogP contribution in [0, 0.1) is 11.8 Å². The second kappa shape index (κ2) is 13.6. The van der Waals surface area contributed by atoms with E-state index < -0.39 is 35.8 Å². The molecular formula is C28H40N4O4. The van der Waals surface area contributed by atoms with E-state index in [0.717, 1.165) is 22.4 Å². The number of amides is 3. The Morgan fingerprint density at radius 1 is 0.833 bits per heavy atom. The fraction of sp³-hybridized carbons (Fsp3) is 0.464. The number of carbonyl (C=O) groups is 3. The second-order valence-corrected chi connectivity index (χ2v) is 9.99. The van der Waals surface area contributed by atoms with E-state index >= 15 is 0 Å². The van der Waals surface area contributed by atoms with E-state index in [1.54, 1.807) is 7.11 Å². The number of para-hydroxylation sites is 1. The first-order valence-electron chi connectivity index (χ1n) is 12.4. The molecule has 0 fully saturated rings. The summed E-state index contributed by atoms with van der Waals surface area (Å²) < 4.78 is 5.43. The van der Waals surface area contributed by atoms with Crippen LogP contribution < -0.4 is 26.8 Å². The van der Waals surface area contributed by atoms with Crippen molar-refractivity contribution < 1.29 is 19.1 Å². The highest BCUT2D eigenvalue weighted by molar-refractivity contribution is 5.92. The largest absolute Gasteiger partial charge is 0.496 e. The van der Waals surface area contributed by atoms with Crippen LogP contribution in [0.4, 0.5) is 0 Å². The molecule has 0 aromatic heterocycles. The standard InChI is InChI=1S/C28H40N4O4/c1-17(2)14-23(26(30)33)31-28(35)24(15-18(3)4)32-27(34)22(29)16-19-10-12-20(13-11-19)21-8-6-7-9-25(21)36-5/h6-13,17-18,22-24H,14-16,29H2,1-5H3,(H2,30,33)(H,31,35)(H,32,34)/t22-,23-,24-/m0/s1. The third kappa shape index (κ3) is 8.68. The Labute approximate surface area is 214 Å². The summed E-state index contributed by atoms with van der Waals surface area (Å²) in [7, 11) is 1.63. The first-order valence-corrected chi connectivity index (χ1v) is 12.4. The van der Waals surface area contributed by atoms with Crippen LogP contribution in [0.5, 0.6) is 5.75 Å². The van der Waals surface area contributed by atoms with E-state index in [4.69, 9.17) is 16.2 Å². The van der Waals surface area contributed by atoms with Gasteiger partial charge in [-0.05, 0) is 48.3 Å². The van der Waals surface area contributed by atoms with Crippen molar-refractivity contribution in [2.24, 2.45) is 23.3 Å². The van der Waals surface area contributed by atoms with E-state index in [-0.39, 0.29) is 11.8 Å². The van der Waals surface area contributed by atoms with Gasteiger partial charge < -0.3 is 26.8 Å². The number of ether oxygens (including phenoxy) is 1. The maximum Gasteiger partial charge on any atom is 0.243 e. The molecule has 3 atom stereocenters. The highest BCUT2D eigenvalue weighted by atomic mass is 16.5. The van der Waals surface area contributed by atoms with Gasteiger partial charge in [0.25, 0.3) is 0 Å². The van der Waals surface area contributed by atoms with E-state index in [1.807, 2.05) is 76.2 Å². The Bertz CT molecular complexity index is 1020. The van der Waals surface area contributed by atoms with Gasteiger partial charge in [0.2, 0.25) is 17.7 Å². The lowest BCUT2D eigenvalue weighted by Crippen LogP contribution is -2.56. The van der Waals surface area contributed by atoms with Crippen LogP contribution in [-0.2, 0) is 20.8 Å². The molecule has 2 aromatic rings. The molecule has 2 aromatic carbocycles. The number of nitrogens with two attached hydrogens (primary N) is 2. The summed E-state index contributed by atoms with van der Waals surface area (Å²) in [6, 6.07) is 13.1. The Kier molecular flexibility index (Phi) is 10.9. The summed E-state index contributed by atoms with van der Waals surface area (Å²) in [5, 5.41) is 5.47. The number of primary amides is 1. The van der Waals surface area contributed by atoms with Crippen molar-refractivity contribution in [1.82, 2.24) is 10.6 Å². The van der Waals surface area contributed by atoms with Gasteiger partial charge in [-0.15, -0.1) is 0 Å². The molecule has 0 unspecified atom stereocenters. The van der Waals surface area contributed by atoms with Crippen LogP contribution in [-0.4, -0.2) is 43.0 Å². The zero-order valence-corrected chi connectivity index (χ0v) is 21.9. The lowest BCUT2D eigenvalue weighted by Gasteiger charge is -2.25. The van der Waals surface area contributed by atoms with Gasteiger partial charge in [-0.2, -0.15) is 0 Å². The monoisotopic (exact) mass is 496 g/mol. The van der Waals surface area contributed by atoms with Crippen LogP contribution in [0.25, 0.3) is 11.1 Å². The van der Waals surface area contributed by atoms with Gasteiger partial charge in [0, 0.05) is 5.56 Å². The van der Waals surface area contributed by atoms with Gasteiger partial charge >= 0.3 is 0 Å². The highest BCUT2D eigenvalue weighted by Gasteiger charge is 2.28. The van der Waals surface area contributed by atoms with Crippen LogP contribution in [0.1, 0.15) is 46.1 Å². The topological polar surface area (TPSA) is 137 Å². The first kappa shape index (κ1) is 28.8. The van der Waals surface area contributed by atoms with Crippen molar-refractivity contribution in [3.05, 3.63) is 54.1 Å². The van der Waals surface area contributed by atoms with Crippen molar-refractivity contribution in [3.8, 4) is 16.9 Å². The molecule has 0 spiro atoms. The summed E-state index contributed by atoms with van der Waals surface area (Å²) in [6.45, 7) is 7.79. The maximum absolute atomic E-state index is 12.9. The molecule has 196 valence electrons. The number of hydrogen-bond acceptors (Lipinski definition) is 5. The fourth-order valence-corrected chi connectivity index (χ4v) is 4.02. The molecule has 36 heavy (non-hydrogen) atoms. The smallest absolute Gasteiger partial charge is 0.243 e. The third-order valence-electron chi connectivity index (χ3n) is 5.87. The summed E-state index contributed by atoms with van der Waals surface area (Å²) in [4.78, 5) is 37.6. The van der Waals surface area contributed by atoms with E-state index in [0.29, 0.717) is 19.3 Å². The number of carbonyl (C=O) groups excluding carboxylic acids is 3. The molecule has 0 bridgehead atoms. The quantitative estimate of drug-likeness (QED) is 0.338. The Morgan fingerprint density at radius 3 is 1.94 bits per heavy atom. The molecule has 3 amide bonds. The zero-order valence-electron chi connectivity index (χ0n) is 21.9. The number of rotatable bonds is 13. The summed E-state index contributed by atoms with van der Waals surface area (Å²) in [5.74, 6) is -0.373. The molecule has 0 saturated carbocycles. The van der Waals surface area contributed by atoms with Gasteiger partial charge in [-0.1, -0.05) is 70.2 Å². The molecule has 0 heterocycles. The predicted molar refractivity (Wildman–Crippen MR) is 142 cm³/mol. The minimum absolute atomic E-state index is 0.136. The molecule has 0 aliphatic carbocycles. The van der Waals surface area contributed by atoms with Gasteiger partial charge in [0.1, 0.15) is 17.8 Å². The van der Waals surface area contributed by atoms with Crippen molar-refractivity contribution >= 4 is 17.7 Å². The molecule has 6 N–H and O–H groups in total. The van der Waals surface area contributed by atoms with Gasteiger partial charge in [-0.25, -0.2) is 0 Å². The fourth-order valence-electron chi connectivity index (χ4n) is 4.02. The highest BCUT2D eigenvalue weighted by Crippen LogP contribution is 2.29.